The molecule has 1 aromatic rings. The minimum atomic E-state index is -1.21. The zero-order valence-corrected chi connectivity index (χ0v) is 21.0. The first-order valence-electron chi connectivity index (χ1n) is 13.0. The van der Waals surface area contributed by atoms with Gasteiger partial charge in [-0.15, -0.1) is 0 Å². The molecule has 1 fully saturated rings. The van der Waals surface area contributed by atoms with Crippen LogP contribution >= 0.6 is 0 Å². The molecule has 3 atom stereocenters. The van der Waals surface area contributed by atoms with Crippen LogP contribution in [0.2, 0.25) is 0 Å². The highest BCUT2D eigenvalue weighted by molar-refractivity contribution is 5.87. The van der Waals surface area contributed by atoms with Gasteiger partial charge in [0.15, 0.2) is 11.6 Å². The first kappa shape index (κ1) is 28.2. The maximum atomic E-state index is 15.0. The number of carboxylic acids is 1. The van der Waals surface area contributed by atoms with E-state index in [9.17, 15) is 23.5 Å². The summed E-state index contributed by atoms with van der Waals surface area (Å²) >= 11 is 0. The molecular formula is C27H42F2N2O3. The van der Waals surface area contributed by atoms with Gasteiger partial charge in [0, 0.05) is 18.2 Å². The van der Waals surface area contributed by atoms with Crippen molar-refractivity contribution in [3.05, 3.63) is 34.9 Å². The molecule has 1 amide bonds. The number of aryl methyl sites for hydroxylation is 1. The van der Waals surface area contributed by atoms with Gasteiger partial charge in [-0.2, -0.15) is 0 Å². The summed E-state index contributed by atoms with van der Waals surface area (Å²) in [5.41, 5.74) is 5.06. The standard InChI is InChI=1S/C27H42F2N2O3/c1-4-7-8-9-10-11-12-13-19-14-15-20(24(29)23(19)28)18-31(6-3)21-16-17-27(5-2,26(33)34)22(21)25(30)32/h14-15,21-22H,4-13,16-18H2,1-3H3,(H2,30,32)(H,33,34). The summed E-state index contributed by atoms with van der Waals surface area (Å²) in [6.07, 6.45) is 9.43. The molecule has 0 spiro atoms. The third kappa shape index (κ3) is 6.35. The molecular weight excluding hydrogens is 438 g/mol. The Hall–Kier alpha value is -2.02. The summed E-state index contributed by atoms with van der Waals surface area (Å²) in [4.78, 5) is 26.2. The van der Waals surface area contributed by atoms with Crippen LogP contribution < -0.4 is 5.73 Å². The van der Waals surface area contributed by atoms with Gasteiger partial charge < -0.3 is 10.8 Å². The van der Waals surface area contributed by atoms with Crippen molar-refractivity contribution >= 4 is 11.9 Å². The number of rotatable bonds is 15. The lowest BCUT2D eigenvalue weighted by molar-refractivity contribution is -0.156. The zero-order chi connectivity index (χ0) is 25.3. The number of aliphatic carboxylic acids is 1. The summed E-state index contributed by atoms with van der Waals surface area (Å²) < 4.78 is 29.8. The molecule has 0 aliphatic heterocycles. The van der Waals surface area contributed by atoms with Crippen molar-refractivity contribution in [3.8, 4) is 0 Å². The van der Waals surface area contributed by atoms with Crippen LogP contribution in [-0.4, -0.2) is 34.5 Å². The van der Waals surface area contributed by atoms with E-state index in [1.807, 2.05) is 11.8 Å². The second-order valence-corrected chi connectivity index (χ2v) is 9.75. The summed E-state index contributed by atoms with van der Waals surface area (Å²) in [5.74, 6) is -4.20. The molecule has 34 heavy (non-hydrogen) atoms. The molecule has 1 aliphatic rings. The number of carbonyl (C=O) groups is 2. The number of nitrogens with zero attached hydrogens (tertiary/aromatic N) is 1. The maximum absolute atomic E-state index is 15.0. The summed E-state index contributed by atoms with van der Waals surface area (Å²) in [6, 6.07) is 2.86. The van der Waals surface area contributed by atoms with Crippen molar-refractivity contribution in [1.29, 1.82) is 0 Å². The second-order valence-electron chi connectivity index (χ2n) is 9.75. The van der Waals surface area contributed by atoms with E-state index in [0.29, 0.717) is 37.8 Å². The molecule has 1 saturated carbocycles. The molecule has 1 aromatic carbocycles. The predicted molar refractivity (Wildman–Crippen MR) is 130 cm³/mol. The van der Waals surface area contributed by atoms with E-state index in [2.05, 4.69) is 6.92 Å². The fourth-order valence-corrected chi connectivity index (χ4v) is 5.64. The number of nitrogens with two attached hydrogens (primary N) is 1. The normalized spacial score (nSPS) is 22.4. The van der Waals surface area contributed by atoms with Crippen LogP contribution in [0.1, 0.15) is 96.1 Å². The molecule has 0 aromatic heterocycles. The largest absolute Gasteiger partial charge is 0.481 e. The Morgan fingerprint density at radius 3 is 2.18 bits per heavy atom. The number of hydrogen-bond acceptors (Lipinski definition) is 3. The fraction of sp³-hybridized carbons (Fsp3) is 0.704. The van der Waals surface area contributed by atoms with E-state index in [0.717, 1.165) is 19.3 Å². The minimum Gasteiger partial charge on any atom is -0.481 e. The molecule has 192 valence electrons. The third-order valence-electron chi connectivity index (χ3n) is 7.77. The average Bonchev–Trinajstić information content (AvgIpc) is 3.22. The van der Waals surface area contributed by atoms with E-state index >= 15 is 0 Å². The van der Waals surface area contributed by atoms with Crippen LogP contribution in [0.4, 0.5) is 8.78 Å². The summed E-state index contributed by atoms with van der Waals surface area (Å²) in [5, 5.41) is 9.86. The topological polar surface area (TPSA) is 83.6 Å². The van der Waals surface area contributed by atoms with Crippen molar-refractivity contribution < 1.29 is 23.5 Å². The van der Waals surface area contributed by atoms with Crippen LogP contribution in [-0.2, 0) is 22.6 Å². The number of hydrogen-bond donors (Lipinski definition) is 2. The second kappa shape index (κ2) is 13.2. The first-order valence-corrected chi connectivity index (χ1v) is 13.0. The molecule has 0 radical (unpaired) electrons. The minimum absolute atomic E-state index is 0.102. The summed E-state index contributed by atoms with van der Waals surface area (Å²) in [6.45, 7) is 6.37. The molecule has 7 heteroatoms. The van der Waals surface area contributed by atoms with Gasteiger partial charge in [-0.05, 0) is 44.2 Å². The number of amides is 1. The average molecular weight is 481 g/mol. The lowest BCUT2D eigenvalue weighted by Crippen LogP contribution is -2.50. The quantitative estimate of drug-likeness (QED) is 0.310. The highest BCUT2D eigenvalue weighted by Crippen LogP contribution is 2.48. The van der Waals surface area contributed by atoms with E-state index < -0.39 is 40.9 Å². The lowest BCUT2D eigenvalue weighted by atomic mass is 9.74. The zero-order valence-electron chi connectivity index (χ0n) is 21.0. The van der Waals surface area contributed by atoms with Crippen molar-refractivity contribution in [1.82, 2.24) is 4.90 Å². The van der Waals surface area contributed by atoms with Crippen molar-refractivity contribution in [3.63, 3.8) is 0 Å². The number of halogens is 2. The smallest absolute Gasteiger partial charge is 0.310 e. The SMILES string of the molecule is CCCCCCCCCc1ccc(CN(CC)C2CCC(CC)(C(=O)O)C2C(N)=O)c(F)c1F. The van der Waals surface area contributed by atoms with Crippen molar-refractivity contribution in [2.24, 2.45) is 17.1 Å². The lowest BCUT2D eigenvalue weighted by Gasteiger charge is -2.36. The Kier molecular flexibility index (Phi) is 10.9. The van der Waals surface area contributed by atoms with Crippen LogP contribution in [0.25, 0.3) is 0 Å². The van der Waals surface area contributed by atoms with Crippen LogP contribution in [0.3, 0.4) is 0 Å². The molecule has 3 N–H and O–H groups in total. The van der Waals surface area contributed by atoms with Crippen molar-refractivity contribution in [2.45, 2.75) is 104 Å². The van der Waals surface area contributed by atoms with Crippen molar-refractivity contribution in [2.75, 3.05) is 6.54 Å². The number of benzene rings is 1. The van der Waals surface area contributed by atoms with E-state index in [4.69, 9.17) is 5.73 Å². The molecule has 2 rings (SSSR count). The number of primary amides is 1. The molecule has 0 saturated heterocycles. The Bertz CT molecular complexity index is 832. The molecule has 3 unspecified atom stereocenters. The summed E-state index contributed by atoms with van der Waals surface area (Å²) in [7, 11) is 0. The van der Waals surface area contributed by atoms with E-state index in [1.54, 1.807) is 19.1 Å². The Morgan fingerprint density at radius 2 is 1.62 bits per heavy atom. The first-order chi connectivity index (χ1) is 16.2. The highest BCUT2D eigenvalue weighted by atomic mass is 19.2. The number of unbranched alkanes of at least 4 members (excludes halogenated alkanes) is 6. The van der Waals surface area contributed by atoms with Gasteiger partial charge >= 0.3 is 5.97 Å². The Labute approximate surface area is 203 Å². The van der Waals surface area contributed by atoms with Crippen LogP contribution in [0, 0.1) is 23.0 Å². The molecule has 0 heterocycles. The maximum Gasteiger partial charge on any atom is 0.310 e. The van der Waals surface area contributed by atoms with E-state index in [1.165, 1.54) is 25.7 Å². The monoisotopic (exact) mass is 480 g/mol. The van der Waals surface area contributed by atoms with Gasteiger partial charge in [-0.3, -0.25) is 14.5 Å². The molecule has 1 aliphatic carbocycles. The number of carbonyl (C=O) groups excluding carboxylic acids is 1. The van der Waals surface area contributed by atoms with Gasteiger partial charge in [0.05, 0.1) is 11.3 Å². The van der Waals surface area contributed by atoms with Gasteiger partial charge in [0.2, 0.25) is 5.91 Å². The Balaban J connectivity index is 2.09. The van der Waals surface area contributed by atoms with Crippen LogP contribution in [0.5, 0.6) is 0 Å². The third-order valence-corrected chi connectivity index (χ3v) is 7.77. The van der Waals surface area contributed by atoms with E-state index in [-0.39, 0.29) is 12.1 Å². The molecule has 0 bridgehead atoms. The number of carboxylic acid groups (broad SMARTS) is 1. The predicted octanol–water partition coefficient (Wildman–Crippen LogP) is 5.82. The van der Waals surface area contributed by atoms with Crippen LogP contribution in [0.15, 0.2) is 12.1 Å². The van der Waals surface area contributed by atoms with Gasteiger partial charge in [0.25, 0.3) is 0 Å². The van der Waals surface area contributed by atoms with Gasteiger partial charge in [-0.1, -0.05) is 71.4 Å². The van der Waals surface area contributed by atoms with Gasteiger partial charge in [-0.25, -0.2) is 8.78 Å². The highest BCUT2D eigenvalue weighted by Gasteiger charge is 2.56. The van der Waals surface area contributed by atoms with Gasteiger partial charge in [0.1, 0.15) is 0 Å². The molecule has 5 nitrogen and oxygen atoms in total. The Morgan fingerprint density at radius 1 is 1.03 bits per heavy atom. The fourth-order valence-electron chi connectivity index (χ4n) is 5.64.